The van der Waals surface area contributed by atoms with Gasteiger partial charge in [0, 0.05) is 26.2 Å². The summed E-state index contributed by atoms with van der Waals surface area (Å²) in [6, 6.07) is 11.9. The third-order valence-corrected chi connectivity index (χ3v) is 7.02. The average molecular weight is 494 g/mol. The van der Waals surface area contributed by atoms with Crippen molar-refractivity contribution < 1.29 is 23.2 Å². The van der Waals surface area contributed by atoms with E-state index in [4.69, 9.17) is 46.4 Å². The van der Waals surface area contributed by atoms with Crippen LogP contribution in [0.25, 0.3) is 0 Å². The van der Waals surface area contributed by atoms with Gasteiger partial charge in [-0.25, -0.2) is 0 Å². The molecule has 0 heterocycles. The summed E-state index contributed by atoms with van der Waals surface area (Å²) < 4.78 is 34.0. The van der Waals surface area contributed by atoms with E-state index in [1.807, 2.05) is 0 Å². The Kier molecular flexibility index (Phi) is 5.98. The fourth-order valence-corrected chi connectivity index (χ4v) is 5.35. The van der Waals surface area contributed by atoms with E-state index >= 15 is 0 Å². The van der Waals surface area contributed by atoms with Crippen molar-refractivity contribution in [3.63, 3.8) is 0 Å². The largest absolute Gasteiger partial charge is 0.506 e. The molecule has 0 saturated carbocycles. The molecule has 3 rings (SSSR count). The molecule has 0 fully saturated rings. The molecule has 0 aromatic heterocycles. The molecular formula is C19H12Cl4O5S. The quantitative estimate of drug-likeness (QED) is 0.311. The van der Waals surface area contributed by atoms with Gasteiger partial charge in [-0.2, -0.15) is 8.42 Å². The molecule has 3 aromatic carbocycles. The van der Waals surface area contributed by atoms with E-state index in [9.17, 15) is 23.2 Å². The van der Waals surface area contributed by atoms with E-state index in [-0.39, 0.29) is 31.8 Å². The Balaban J connectivity index is 2.63. The number of halogens is 4. The molecule has 0 saturated heterocycles. The van der Waals surface area contributed by atoms with E-state index in [2.05, 4.69) is 0 Å². The van der Waals surface area contributed by atoms with Crippen LogP contribution < -0.4 is 0 Å². The Morgan fingerprint density at radius 3 is 2.07 bits per heavy atom. The van der Waals surface area contributed by atoms with Gasteiger partial charge in [-0.15, -0.1) is 0 Å². The third-order valence-electron chi connectivity index (χ3n) is 4.40. The van der Waals surface area contributed by atoms with Crippen LogP contribution in [0.1, 0.15) is 16.7 Å². The van der Waals surface area contributed by atoms with Crippen molar-refractivity contribution >= 4 is 56.5 Å². The highest BCUT2D eigenvalue weighted by Gasteiger charge is 2.51. The second kappa shape index (κ2) is 7.87. The SMILES string of the molecule is O=S(=O)(O)C(c1cccc(Cl)c1)(c1cc(Cl)ccc1Cl)c1ccc(O)c(Cl)c1O. The zero-order valence-electron chi connectivity index (χ0n) is 14.3. The van der Waals surface area contributed by atoms with E-state index < -0.39 is 31.4 Å². The highest BCUT2D eigenvalue weighted by molar-refractivity contribution is 7.87. The molecule has 10 heteroatoms. The van der Waals surface area contributed by atoms with Crippen molar-refractivity contribution in [2.24, 2.45) is 0 Å². The van der Waals surface area contributed by atoms with Crippen LogP contribution in [0.2, 0.25) is 20.1 Å². The van der Waals surface area contributed by atoms with Crippen LogP contribution in [0, 0.1) is 0 Å². The average Bonchev–Trinajstić information content (AvgIpc) is 2.64. The molecule has 29 heavy (non-hydrogen) atoms. The minimum absolute atomic E-state index is 0.0336. The summed E-state index contributed by atoms with van der Waals surface area (Å²) >= 11 is 24.4. The van der Waals surface area contributed by atoms with Crippen LogP contribution in [-0.4, -0.2) is 23.2 Å². The molecule has 1 atom stereocenters. The molecule has 0 aliphatic rings. The minimum atomic E-state index is -5.10. The summed E-state index contributed by atoms with van der Waals surface area (Å²) in [6.07, 6.45) is 0. The predicted octanol–water partition coefficient (Wildman–Crippen LogP) is 5.89. The van der Waals surface area contributed by atoms with E-state index in [1.54, 1.807) is 0 Å². The lowest BCUT2D eigenvalue weighted by Crippen LogP contribution is -2.38. The molecule has 0 amide bonds. The summed E-state index contributed by atoms with van der Waals surface area (Å²) in [4.78, 5) is 0. The van der Waals surface area contributed by atoms with Gasteiger partial charge in [0.2, 0.25) is 0 Å². The van der Waals surface area contributed by atoms with Crippen LogP contribution in [0.5, 0.6) is 11.5 Å². The smallest absolute Gasteiger partial charge is 0.283 e. The maximum atomic E-state index is 13.0. The number of hydrogen-bond donors (Lipinski definition) is 3. The summed E-state index contributed by atoms with van der Waals surface area (Å²) in [5, 5.41) is 20.2. The van der Waals surface area contributed by atoms with Gasteiger partial charge in [-0.3, -0.25) is 4.55 Å². The van der Waals surface area contributed by atoms with Crippen molar-refractivity contribution in [3.8, 4) is 11.5 Å². The maximum Gasteiger partial charge on any atom is 0.283 e. The first kappa shape index (κ1) is 22.0. The van der Waals surface area contributed by atoms with Crippen LogP contribution in [-0.2, 0) is 14.9 Å². The molecular weight excluding hydrogens is 482 g/mol. The summed E-state index contributed by atoms with van der Waals surface area (Å²) in [5.41, 5.74) is -0.531. The molecule has 0 aliphatic heterocycles. The molecule has 3 N–H and O–H groups in total. The molecule has 0 aliphatic carbocycles. The van der Waals surface area contributed by atoms with Gasteiger partial charge in [0.1, 0.15) is 16.5 Å². The Morgan fingerprint density at radius 2 is 1.45 bits per heavy atom. The van der Waals surface area contributed by atoms with Gasteiger partial charge in [-0.1, -0.05) is 58.5 Å². The molecule has 0 spiro atoms. The minimum Gasteiger partial charge on any atom is -0.506 e. The number of phenolic OH excluding ortho intramolecular Hbond substituents is 2. The zero-order chi connectivity index (χ0) is 21.6. The summed E-state index contributed by atoms with van der Waals surface area (Å²) in [7, 11) is -5.10. The fourth-order valence-electron chi connectivity index (χ4n) is 3.20. The molecule has 1 unspecified atom stereocenters. The maximum absolute atomic E-state index is 13.0. The third kappa shape index (κ3) is 3.65. The summed E-state index contributed by atoms with van der Waals surface area (Å²) in [6.45, 7) is 0. The van der Waals surface area contributed by atoms with Crippen LogP contribution in [0.15, 0.2) is 54.6 Å². The molecule has 5 nitrogen and oxygen atoms in total. The van der Waals surface area contributed by atoms with E-state index in [0.717, 1.165) is 12.1 Å². The second-order valence-electron chi connectivity index (χ2n) is 6.09. The Labute approximate surface area is 186 Å². The summed E-state index contributed by atoms with van der Waals surface area (Å²) in [5.74, 6) is -1.25. The number of rotatable bonds is 4. The lowest BCUT2D eigenvalue weighted by atomic mass is 9.83. The second-order valence-corrected chi connectivity index (χ2v) is 9.31. The lowest BCUT2D eigenvalue weighted by Gasteiger charge is -2.34. The number of benzene rings is 3. The van der Waals surface area contributed by atoms with Crippen molar-refractivity contribution in [2.75, 3.05) is 0 Å². The van der Waals surface area contributed by atoms with Gasteiger partial charge >= 0.3 is 0 Å². The van der Waals surface area contributed by atoms with E-state index in [0.29, 0.717) is 0 Å². The predicted molar refractivity (Wildman–Crippen MR) is 114 cm³/mol. The van der Waals surface area contributed by atoms with Gasteiger partial charge in [0.15, 0.2) is 4.75 Å². The fraction of sp³-hybridized carbons (Fsp3) is 0.0526. The Bertz CT molecular complexity index is 1210. The zero-order valence-corrected chi connectivity index (χ0v) is 18.1. The lowest BCUT2D eigenvalue weighted by molar-refractivity contribution is 0.431. The first-order valence-corrected chi connectivity index (χ1v) is 10.8. The van der Waals surface area contributed by atoms with Crippen molar-refractivity contribution in [1.29, 1.82) is 0 Å². The van der Waals surface area contributed by atoms with Gasteiger partial charge in [0.05, 0.1) is 0 Å². The topological polar surface area (TPSA) is 94.8 Å². The van der Waals surface area contributed by atoms with Gasteiger partial charge in [-0.05, 0) is 48.0 Å². The highest BCUT2D eigenvalue weighted by atomic mass is 35.5. The van der Waals surface area contributed by atoms with Gasteiger partial charge < -0.3 is 10.2 Å². The molecule has 0 radical (unpaired) electrons. The first-order chi connectivity index (χ1) is 13.5. The van der Waals surface area contributed by atoms with Crippen LogP contribution >= 0.6 is 46.4 Å². The highest BCUT2D eigenvalue weighted by Crippen LogP contribution is 2.52. The van der Waals surface area contributed by atoms with E-state index in [1.165, 1.54) is 42.5 Å². The van der Waals surface area contributed by atoms with Crippen molar-refractivity contribution in [3.05, 3.63) is 91.4 Å². The normalized spacial score (nSPS) is 13.8. The Hall–Kier alpha value is -1.67. The number of phenols is 2. The molecule has 3 aromatic rings. The molecule has 0 bridgehead atoms. The monoisotopic (exact) mass is 492 g/mol. The van der Waals surface area contributed by atoms with Crippen LogP contribution in [0.3, 0.4) is 0 Å². The van der Waals surface area contributed by atoms with Crippen LogP contribution in [0.4, 0.5) is 0 Å². The Morgan fingerprint density at radius 1 is 0.793 bits per heavy atom. The number of aromatic hydroxyl groups is 2. The molecule has 152 valence electrons. The van der Waals surface area contributed by atoms with Gasteiger partial charge in [0.25, 0.3) is 10.1 Å². The van der Waals surface area contributed by atoms with Crippen molar-refractivity contribution in [2.45, 2.75) is 4.75 Å². The standard InChI is InChI=1S/C19H12Cl4O5S/c20-11-3-1-2-10(8-11)19(29(26,27)28,14-9-12(21)4-6-15(14)22)13-5-7-16(24)17(23)18(13)25/h1-9,24-25H,(H,26,27,28). The first-order valence-electron chi connectivity index (χ1n) is 7.89. The van der Waals surface area contributed by atoms with Crippen molar-refractivity contribution in [1.82, 2.24) is 0 Å². The number of hydrogen-bond acceptors (Lipinski definition) is 4.